The zero-order valence-electron chi connectivity index (χ0n) is 11.1. The van der Waals surface area contributed by atoms with Crippen LogP contribution in [0.5, 0.6) is 0 Å². The van der Waals surface area contributed by atoms with Crippen molar-refractivity contribution >= 4 is 23.5 Å². The number of benzene rings is 1. The maximum absolute atomic E-state index is 12.2. The van der Waals surface area contributed by atoms with E-state index in [0.29, 0.717) is 0 Å². The first-order chi connectivity index (χ1) is 9.73. The molecule has 0 spiro atoms. The second-order valence-electron chi connectivity index (χ2n) is 4.23. The highest BCUT2D eigenvalue weighted by atomic mass is 16.6. The van der Waals surface area contributed by atoms with Crippen LogP contribution < -0.4 is 5.73 Å². The molecule has 1 aromatic carbocycles. The van der Waals surface area contributed by atoms with Crippen molar-refractivity contribution in [1.82, 2.24) is 4.90 Å². The molecule has 112 valence electrons. The van der Waals surface area contributed by atoms with Gasteiger partial charge in [0.15, 0.2) is 0 Å². The summed E-state index contributed by atoms with van der Waals surface area (Å²) in [6.07, 6.45) is 0. The summed E-state index contributed by atoms with van der Waals surface area (Å²) in [5, 5.41) is 19.6. The van der Waals surface area contributed by atoms with Gasteiger partial charge in [0.05, 0.1) is 4.92 Å². The summed E-state index contributed by atoms with van der Waals surface area (Å²) in [5.74, 6) is -3.02. The molecule has 0 aromatic heterocycles. The van der Waals surface area contributed by atoms with Gasteiger partial charge in [-0.3, -0.25) is 24.5 Å². The van der Waals surface area contributed by atoms with Crippen molar-refractivity contribution in [2.45, 2.75) is 6.92 Å². The number of amides is 2. The fourth-order valence-electron chi connectivity index (χ4n) is 1.77. The summed E-state index contributed by atoms with van der Waals surface area (Å²) in [7, 11) is 0. The predicted molar refractivity (Wildman–Crippen MR) is 70.6 cm³/mol. The van der Waals surface area contributed by atoms with Crippen molar-refractivity contribution in [2.75, 3.05) is 13.1 Å². The van der Waals surface area contributed by atoms with Crippen LogP contribution in [0.1, 0.15) is 15.9 Å². The largest absolute Gasteiger partial charge is 0.480 e. The van der Waals surface area contributed by atoms with Gasteiger partial charge in [0, 0.05) is 17.2 Å². The van der Waals surface area contributed by atoms with E-state index in [9.17, 15) is 24.5 Å². The van der Waals surface area contributed by atoms with E-state index in [1.165, 1.54) is 25.1 Å². The molecule has 1 rings (SSSR count). The molecule has 0 aliphatic carbocycles. The van der Waals surface area contributed by atoms with E-state index in [-0.39, 0.29) is 16.8 Å². The highest BCUT2D eigenvalue weighted by Crippen LogP contribution is 2.22. The zero-order chi connectivity index (χ0) is 16.2. The third kappa shape index (κ3) is 4.00. The summed E-state index contributed by atoms with van der Waals surface area (Å²) in [5.41, 5.74) is 4.74. The minimum absolute atomic E-state index is 0.0494. The van der Waals surface area contributed by atoms with E-state index in [2.05, 4.69) is 0 Å². The second-order valence-corrected chi connectivity index (χ2v) is 4.23. The molecule has 21 heavy (non-hydrogen) atoms. The van der Waals surface area contributed by atoms with E-state index in [0.717, 1.165) is 4.90 Å². The number of aliphatic carboxylic acids is 1. The Bertz CT molecular complexity index is 597. The van der Waals surface area contributed by atoms with Gasteiger partial charge in [0.1, 0.15) is 13.1 Å². The van der Waals surface area contributed by atoms with E-state index in [1.54, 1.807) is 0 Å². The Kier molecular flexibility index (Phi) is 4.95. The van der Waals surface area contributed by atoms with Crippen LogP contribution in [-0.4, -0.2) is 45.8 Å². The highest BCUT2D eigenvalue weighted by Gasteiger charge is 2.24. The van der Waals surface area contributed by atoms with Crippen molar-refractivity contribution in [3.63, 3.8) is 0 Å². The quantitative estimate of drug-likeness (QED) is 0.554. The SMILES string of the molecule is Cc1c(C(=O)N(CC(N)=O)CC(=O)O)cccc1[N+](=O)[O-]. The van der Waals surface area contributed by atoms with Crippen molar-refractivity contribution in [3.05, 3.63) is 39.4 Å². The molecule has 0 saturated heterocycles. The number of primary amides is 1. The van der Waals surface area contributed by atoms with Gasteiger partial charge >= 0.3 is 5.97 Å². The number of carbonyl (C=O) groups is 3. The number of nitrogens with zero attached hydrogens (tertiary/aromatic N) is 2. The number of hydrogen-bond donors (Lipinski definition) is 2. The number of nitro groups is 1. The third-order valence-corrected chi connectivity index (χ3v) is 2.69. The first-order valence-corrected chi connectivity index (χ1v) is 5.77. The topological polar surface area (TPSA) is 144 Å². The Balaban J connectivity index is 3.20. The molecular weight excluding hydrogens is 282 g/mol. The summed E-state index contributed by atoms with van der Waals surface area (Å²) < 4.78 is 0. The van der Waals surface area contributed by atoms with Gasteiger partial charge in [-0.15, -0.1) is 0 Å². The van der Waals surface area contributed by atoms with Gasteiger partial charge in [-0.2, -0.15) is 0 Å². The molecule has 3 N–H and O–H groups in total. The number of carbonyl (C=O) groups excluding carboxylic acids is 2. The highest BCUT2D eigenvalue weighted by molar-refractivity contribution is 5.99. The van der Waals surface area contributed by atoms with Crippen molar-refractivity contribution in [1.29, 1.82) is 0 Å². The van der Waals surface area contributed by atoms with Crippen LogP contribution in [0.3, 0.4) is 0 Å². The van der Waals surface area contributed by atoms with E-state index in [1.807, 2.05) is 0 Å². The zero-order valence-corrected chi connectivity index (χ0v) is 11.1. The van der Waals surface area contributed by atoms with Gasteiger partial charge in [0.2, 0.25) is 5.91 Å². The summed E-state index contributed by atoms with van der Waals surface area (Å²) >= 11 is 0. The van der Waals surface area contributed by atoms with Crippen LogP contribution in [0.2, 0.25) is 0 Å². The smallest absolute Gasteiger partial charge is 0.323 e. The van der Waals surface area contributed by atoms with Crippen molar-refractivity contribution in [3.8, 4) is 0 Å². The molecule has 0 saturated carbocycles. The predicted octanol–water partition coefficient (Wildman–Crippen LogP) is -0.0847. The number of hydrogen-bond acceptors (Lipinski definition) is 5. The van der Waals surface area contributed by atoms with E-state index >= 15 is 0 Å². The maximum atomic E-state index is 12.2. The molecule has 9 heteroatoms. The fourth-order valence-corrected chi connectivity index (χ4v) is 1.77. The lowest BCUT2D eigenvalue weighted by molar-refractivity contribution is -0.385. The summed E-state index contributed by atoms with van der Waals surface area (Å²) in [6.45, 7) is 0.0474. The van der Waals surface area contributed by atoms with Crippen LogP contribution in [0.25, 0.3) is 0 Å². The molecule has 0 unspecified atom stereocenters. The van der Waals surface area contributed by atoms with Crippen molar-refractivity contribution in [2.24, 2.45) is 5.73 Å². The number of carboxylic acids is 1. The minimum atomic E-state index is -1.33. The average molecular weight is 295 g/mol. The Hall–Kier alpha value is -2.97. The molecule has 0 atom stereocenters. The lowest BCUT2D eigenvalue weighted by Gasteiger charge is -2.19. The van der Waals surface area contributed by atoms with E-state index in [4.69, 9.17) is 10.8 Å². The lowest BCUT2D eigenvalue weighted by atomic mass is 10.1. The van der Waals surface area contributed by atoms with Crippen LogP contribution in [-0.2, 0) is 9.59 Å². The van der Waals surface area contributed by atoms with Crippen LogP contribution >= 0.6 is 0 Å². The molecule has 0 heterocycles. The molecule has 0 radical (unpaired) electrons. The molecule has 9 nitrogen and oxygen atoms in total. The third-order valence-electron chi connectivity index (χ3n) is 2.69. The number of rotatable bonds is 6. The molecule has 2 amide bonds. The number of carboxylic acid groups (broad SMARTS) is 1. The fraction of sp³-hybridized carbons (Fsp3) is 0.250. The van der Waals surface area contributed by atoms with Crippen molar-refractivity contribution < 1.29 is 24.4 Å². The Morgan fingerprint density at radius 3 is 2.43 bits per heavy atom. The number of nitrogens with two attached hydrogens (primary N) is 1. The molecular formula is C12H13N3O6. The molecule has 0 fully saturated rings. The monoisotopic (exact) mass is 295 g/mol. The Labute approximate surface area is 119 Å². The second kappa shape index (κ2) is 6.46. The first kappa shape index (κ1) is 16.1. The van der Waals surface area contributed by atoms with Gasteiger partial charge in [-0.1, -0.05) is 6.07 Å². The minimum Gasteiger partial charge on any atom is -0.480 e. The maximum Gasteiger partial charge on any atom is 0.323 e. The van der Waals surface area contributed by atoms with Crippen LogP contribution in [0.4, 0.5) is 5.69 Å². The summed E-state index contributed by atoms with van der Waals surface area (Å²) in [4.78, 5) is 44.8. The summed E-state index contributed by atoms with van der Waals surface area (Å²) in [6, 6.07) is 3.85. The van der Waals surface area contributed by atoms with Gasteiger partial charge in [-0.25, -0.2) is 0 Å². The molecule has 1 aromatic rings. The standard InChI is InChI=1S/C12H13N3O6/c1-7-8(3-2-4-9(7)15(20)21)12(19)14(5-10(13)16)6-11(17)18/h2-4H,5-6H2,1H3,(H2,13,16)(H,17,18). The Morgan fingerprint density at radius 2 is 1.95 bits per heavy atom. The molecule has 0 bridgehead atoms. The lowest BCUT2D eigenvalue weighted by Crippen LogP contribution is -2.41. The molecule has 0 aliphatic rings. The van der Waals surface area contributed by atoms with Gasteiger partial charge in [-0.05, 0) is 13.0 Å². The van der Waals surface area contributed by atoms with E-state index < -0.39 is 35.8 Å². The van der Waals surface area contributed by atoms with Crippen LogP contribution in [0, 0.1) is 17.0 Å². The first-order valence-electron chi connectivity index (χ1n) is 5.77. The average Bonchev–Trinajstić information content (AvgIpc) is 2.36. The van der Waals surface area contributed by atoms with Crippen LogP contribution in [0.15, 0.2) is 18.2 Å². The van der Waals surface area contributed by atoms with Gasteiger partial charge in [0.25, 0.3) is 11.6 Å². The molecule has 0 aliphatic heterocycles. The Morgan fingerprint density at radius 1 is 1.33 bits per heavy atom. The normalized spacial score (nSPS) is 9.95. The number of nitro benzene ring substituents is 1. The van der Waals surface area contributed by atoms with Gasteiger partial charge < -0.3 is 15.7 Å².